The van der Waals surface area contributed by atoms with Crippen LogP contribution in [0.2, 0.25) is 0 Å². The first-order valence-corrected chi connectivity index (χ1v) is 9.36. The van der Waals surface area contributed by atoms with Gasteiger partial charge in [0.15, 0.2) is 23.2 Å². The van der Waals surface area contributed by atoms with Crippen LogP contribution in [0.4, 0.5) is 5.82 Å². The molecule has 0 saturated carbocycles. The minimum Gasteiger partial charge on any atom is -0.460 e. The van der Waals surface area contributed by atoms with Crippen molar-refractivity contribution in [1.82, 2.24) is 19.5 Å². The van der Waals surface area contributed by atoms with Gasteiger partial charge < -0.3 is 35.3 Å². The third-order valence-electron chi connectivity index (χ3n) is 5.04. The second kappa shape index (κ2) is 8.50. The predicted octanol–water partition coefficient (Wildman–Crippen LogP) is -0.213. The summed E-state index contributed by atoms with van der Waals surface area (Å²) in [5, 5.41) is 29.6. The Bertz CT molecular complexity index is 1000. The number of aliphatic hydroxyl groups excluding tert-OH is 3. The lowest BCUT2D eigenvalue weighted by Crippen LogP contribution is -2.33. The first kappa shape index (κ1) is 20.4. The van der Waals surface area contributed by atoms with Crippen LogP contribution in [0.5, 0.6) is 6.01 Å². The molecule has 3 heterocycles. The lowest BCUT2D eigenvalue weighted by molar-refractivity contribution is -0.0511. The minimum absolute atomic E-state index is 0.00599. The standard InChI is InChI=1S/C19H23N5O6/c1-28-12(10-5-3-2-4-6-10)8-29-19-22-16(20)13-17(23-19)24(9-21-13)18-15(27)14(26)11(7-25)30-18/h2-6,9,11-12,14-15,18,25-27H,7-8H2,1H3,(H2,20,22,23)/t11-,12+,14?,15?,18-/m1/s1. The fourth-order valence-electron chi connectivity index (χ4n) is 3.40. The Hall–Kier alpha value is -2.83. The Balaban J connectivity index is 1.59. The molecule has 5 atom stereocenters. The summed E-state index contributed by atoms with van der Waals surface area (Å²) in [5.41, 5.74) is 7.50. The molecule has 1 aliphatic heterocycles. The van der Waals surface area contributed by atoms with Crippen LogP contribution in [-0.4, -0.2) is 73.5 Å². The lowest BCUT2D eigenvalue weighted by Gasteiger charge is -2.17. The first-order chi connectivity index (χ1) is 14.5. The van der Waals surface area contributed by atoms with Crippen molar-refractivity contribution in [3.05, 3.63) is 42.2 Å². The summed E-state index contributed by atoms with van der Waals surface area (Å²) in [4.78, 5) is 12.6. The average molecular weight is 417 g/mol. The molecule has 2 unspecified atom stereocenters. The van der Waals surface area contributed by atoms with Gasteiger partial charge in [-0.05, 0) is 5.56 Å². The molecule has 1 aliphatic rings. The maximum absolute atomic E-state index is 10.3. The second-order valence-electron chi connectivity index (χ2n) is 6.89. The van der Waals surface area contributed by atoms with Crippen molar-refractivity contribution in [2.24, 2.45) is 0 Å². The summed E-state index contributed by atoms with van der Waals surface area (Å²) < 4.78 is 18.2. The number of aliphatic hydroxyl groups is 3. The average Bonchev–Trinajstić information content (AvgIpc) is 3.31. The van der Waals surface area contributed by atoms with E-state index < -0.39 is 31.1 Å². The quantitative estimate of drug-likeness (QED) is 0.405. The highest BCUT2D eigenvalue weighted by Gasteiger charge is 2.44. The summed E-state index contributed by atoms with van der Waals surface area (Å²) in [6, 6.07) is 9.57. The number of anilines is 1. The van der Waals surface area contributed by atoms with E-state index in [1.165, 1.54) is 10.9 Å². The number of methoxy groups -OCH3 is 1. The van der Waals surface area contributed by atoms with Gasteiger partial charge in [0.25, 0.3) is 0 Å². The molecule has 2 aromatic heterocycles. The van der Waals surface area contributed by atoms with E-state index in [0.29, 0.717) is 5.52 Å². The molecular weight excluding hydrogens is 394 g/mol. The molecule has 1 aromatic carbocycles. The largest absolute Gasteiger partial charge is 0.460 e. The van der Waals surface area contributed by atoms with Gasteiger partial charge in [0.1, 0.15) is 31.0 Å². The summed E-state index contributed by atoms with van der Waals surface area (Å²) in [5.74, 6) is 0.0918. The van der Waals surface area contributed by atoms with Crippen LogP contribution in [0.1, 0.15) is 17.9 Å². The van der Waals surface area contributed by atoms with Gasteiger partial charge in [0.2, 0.25) is 0 Å². The molecule has 160 valence electrons. The van der Waals surface area contributed by atoms with Crippen LogP contribution in [0.3, 0.4) is 0 Å². The molecule has 0 amide bonds. The molecule has 5 N–H and O–H groups in total. The molecule has 3 aromatic rings. The lowest BCUT2D eigenvalue weighted by atomic mass is 10.1. The maximum Gasteiger partial charge on any atom is 0.320 e. The van der Waals surface area contributed by atoms with Crippen molar-refractivity contribution in [2.75, 3.05) is 26.1 Å². The Kier molecular flexibility index (Phi) is 5.79. The highest BCUT2D eigenvalue weighted by atomic mass is 16.6. The van der Waals surface area contributed by atoms with Gasteiger partial charge >= 0.3 is 6.01 Å². The monoisotopic (exact) mass is 417 g/mol. The van der Waals surface area contributed by atoms with Gasteiger partial charge in [0, 0.05) is 7.11 Å². The van der Waals surface area contributed by atoms with Crippen LogP contribution < -0.4 is 10.5 Å². The minimum atomic E-state index is -1.28. The summed E-state index contributed by atoms with van der Waals surface area (Å²) in [7, 11) is 1.58. The van der Waals surface area contributed by atoms with E-state index in [4.69, 9.17) is 19.9 Å². The number of nitrogens with zero attached hydrogens (tertiary/aromatic N) is 4. The molecule has 0 bridgehead atoms. The molecule has 0 aliphatic carbocycles. The number of hydrogen-bond acceptors (Lipinski definition) is 10. The first-order valence-electron chi connectivity index (χ1n) is 9.36. The topological polar surface area (TPSA) is 158 Å². The van der Waals surface area contributed by atoms with Gasteiger partial charge in [-0.15, -0.1) is 0 Å². The van der Waals surface area contributed by atoms with Crippen molar-refractivity contribution >= 4 is 17.0 Å². The Morgan fingerprint density at radius 1 is 1.20 bits per heavy atom. The zero-order valence-corrected chi connectivity index (χ0v) is 16.2. The Labute approximate surface area is 171 Å². The molecule has 1 fully saturated rings. The van der Waals surface area contributed by atoms with Crippen molar-refractivity contribution in [2.45, 2.75) is 30.6 Å². The number of imidazole rings is 1. The van der Waals surface area contributed by atoms with Crippen molar-refractivity contribution in [1.29, 1.82) is 0 Å². The van der Waals surface area contributed by atoms with Crippen LogP contribution in [-0.2, 0) is 9.47 Å². The van der Waals surface area contributed by atoms with Gasteiger partial charge in [-0.25, -0.2) is 4.98 Å². The highest BCUT2D eigenvalue weighted by molar-refractivity contribution is 5.82. The van der Waals surface area contributed by atoms with E-state index in [1.54, 1.807) is 7.11 Å². The third kappa shape index (κ3) is 3.68. The highest BCUT2D eigenvalue weighted by Crippen LogP contribution is 2.32. The molecule has 11 nitrogen and oxygen atoms in total. The maximum atomic E-state index is 10.3. The number of benzene rings is 1. The predicted molar refractivity (Wildman–Crippen MR) is 104 cm³/mol. The number of aromatic nitrogens is 4. The molecule has 30 heavy (non-hydrogen) atoms. The Morgan fingerprint density at radius 3 is 2.63 bits per heavy atom. The van der Waals surface area contributed by atoms with Crippen LogP contribution in [0, 0.1) is 0 Å². The molecule has 11 heteroatoms. The van der Waals surface area contributed by atoms with Gasteiger partial charge in [-0.3, -0.25) is 4.57 Å². The van der Waals surface area contributed by atoms with E-state index >= 15 is 0 Å². The van der Waals surface area contributed by atoms with E-state index in [2.05, 4.69) is 15.0 Å². The molecular formula is C19H23N5O6. The van der Waals surface area contributed by atoms with Crippen LogP contribution in [0.25, 0.3) is 11.2 Å². The number of nitrogen functional groups attached to an aromatic ring is 1. The zero-order chi connectivity index (χ0) is 21.3. The van der Waals surface area contributed by atoms with Gasteiger partial charge in [-0.1, -0.05) is 30.3 Å². The van der Waals surface area contributed by atoms with Crippen molar-refractivity contribution in [3.8, 4) is 6.01 Å². The third-order valence-corrected chi connectivity index (χ3v) is 5.04. The number of rotatable bonds is 7. The van der Waals surface area contributed by atoms with E-state index in [-0.39, 0.29) is 30.2 Å². The normalized spacial score (nSPS) is 24.9. The van der Waals surface area contributed by atoms with Crippen LogP contribution in [0.15, 0.2) is 36.7 Å². The number of fused-ring (bicyclic) bond motifs is 1. The smallest absolute Gasteiger partial charge is 0.320 e. The molecule has 4 rings (SSSR count). The summed E-state index contributed by atoms with van der Waals surface area (Å²) in [6.45, 7) is -0.293. The number of ether oxygens (including phenoxy) is 3. The number of hydrogen-bond donors (Lipinski definition) is 4. The Morgan fingerprint density at radius 2 is 1.97 bits per heavy atom. The van der Waals surface area contributed by atoms with E-state index in [9.17, 15) is 15.3 Å². The van der Waals surface area contributed by atoms with Gasteiger partial charge in [0.05, 0.1) is 12.9 Å². The zero-order valence-electron chi connectivity index (χ0n) is 16.2. The van der Waals surface area contributed by atoms with Gasteiger partial charge in [-0.2, -0.15) is 9.97 Å². The fraction of sp³-hybridized carbons (Fsp3) is 0.421. The fourth-order valence-corrected chi connectivity index (χ4v) is 3.40. The van der Waals surface area contributed by atoms with E-state index in [1.807, 2.05) is 30.3 Å². The summed E-state index contributed by atoms with van der Waals surface area (Å²) in [6.07, 6.45) is -3.42. The molecule has 0 spiro atoms. The molecule has 1 saturated heterocycles. The van der Waals surface area contributed by atoms with E-state index in [0.717, 1.165) is 5.56 Å². The summed E-state index contributed by atoms with van der Waals surface area (Å²) >= 11 is 0. The molecule has 0 radical (unpaired) electrons. The van der Waals surface area contributed by atoms with Crippen LogP contribution >= 0.6 is 0 Å². The number of nitrogens with two attached hydrogens (primary N) is 1. The van der Waals surface area contributed by atoms with Crippen molar-refractivity contribution < 1.29 is 29.5 Å². The second-order valence-corrected chi connectivity index (χ2v) is 6.89. The SMILES string of the molecule is CO[C@@H](COc1nc(N)c2ncn([C@@H]3O[C@H](CO)C(O)C3O)c2n1)c1ccccc1. The van der Waals surface area contributed by atoms with Crippen molar-refractivity contribution in [3.63, 3.8) is 0 Å².